The molecular formula is C28H30Cl2N6O4S. The summed E-state index contributed by atoms with van der Waals surface area (Å²) in [6.45, 7) is 3.93. The Labute approximate surface area is 252 Å². The van der Waals surface area contributed by atoms with Gasteiger partial charge in [0.25, 0.3) is 0 Å². The molecule has 0 radical (unpaired) electrons. The van der Waals surface area contributed by atoms with E-state index in [1.807, 2.05) is 5.38 Å². The highest BCUT2D eigenvalue weighted by Crippen LogP contribution is 2.48. The molecule has 41 heavy (non-hydrogen) atoms. The van der Waals surface area contributed by atoms with E-state index in [0.717, 1.165) is 30.7 Å². The van der Waals surface area contributed by atoms with Gasteiger partial charge in [0.15, 0.2) is 5.78 Å². The largest absolute Gasteiger partial charge is 0.495 e. The molecule has 3 aromatic rings. The molecule has 3 heterocycles. The molecule has 13 heteroatoms. The quantitative estimate of drug-likeness (QED) is 0.256. The van der Waals surface area contributed by atoms with Gasteiger partial charge in [0, 0.05) is 41.9 Å². The van der Waals surface area contributed by atoms with Crippen LogP contribution in [0, 0.1) is 5.92 Å². The molecule has 0 saturated heterocycles. The summed E-state index contributed by atoms with van der Waals surface area (Å²) in [4.78, 5) is 43.0. The molecule has 1 aliphatic heterocycles. The lowest BCUT2D eigenvalue weighted by Crippen LogP contribution is -2.48. The molecule has 1 aliphatic carbocycles. The zero-order chi connectivity index (χ0) is 29.1. The van der Waals surface area contributed by atoms with E-state index < -0.39 is 0 Å². The molecular weight excluding hydrogens is 587 g/mol. The summed E-state index contributed by atoms with van der Waals surface area (Å²) in [5, 5.41) is 6.39. The number of ketones is 1. The molecule has 1 aromatic carbocycles. The number of hydrogen-bond acceptors (Lipinski definition) is 9. The second kappa shape index (κ2) is 12.6. The van der Waals surface area contributed by atoms with Crippen LogP contribution in [0.1, 0.15) is 42.7 Å². The molecule has 1 fully saturated rings. The van der Waals surface area contributed by atoms with Gasteiger partial charge in [0.1, 0.15) is 32.4 Å². The molecule has 1 saturated carbocycles. The second-order valence-electron chi connectivity index (χ2n) is 9.85. The van der Waals surface area contributed by atoms with Gasteiger partial charge in [-0.1, -0.05) is 42.6 Å². The number of rotatable bonds is 10. The Hall–Kier alpha value is -3.41. The minimum absolute atomic E-state index is 0.0295. The average Bonchev–Trinajstić information content (AvgIpc) is 3.50. The average molecular weight is 618 g/mol. The van der Waals surface area contributed by atoms with Gasteiger partial charge in [-0.3, -0.25) is 14.6 Å². The number of benzene rings is 1. The Balaban J connectivity index is 1.52. The first-order valence-electron chi connectivity index (χ1n) is 13.2. The lowest BCUT2D eigenvalue weighted by molar-refractivity contribution is -0.115. The zero-order valence-electron chi connectivity index (χ0n) is 22.7. The van der Waals surface area contributed by atoms with Crippen LogP contribution in [-0.4, -0.2) is 47.0 Å². The fraction of sp³-hybridized carbons (Fsp3) is 0.393. The Morgan fingerprint density at radius 1 is 1.20 bits per heavy atom. The first-order chi connectivity index (χ1) is 19.8. The van der Waals surface area contributed by atoms with E-state index in [1.165, 1.54) is 36.5 Å². The maximum atomic E-state index is 14.1. The number of allylic oxidation sites excluding steroid dienone is 1. The van der Waals surface area contributed by atoms with Crippen LogP contribution in [0.2, 0.25) is 10.0 Å². The summed E-state index contributed by atoms with van der Waals surface area (Å²) in [5.74, 6) is 1.69. The molecule has 0 bridgehead atoms. The Morgan fingerprint density at radius 3 is 2.59 bits per heavy atom. The van der Waals surface area contributed by atoms with E-state index >= 15 is 0 Å². The molecule has 0 unspecified atom stereocenters. The summed E-state index contributed by atoms with van der Waals surface area (Å²) in [6.07, 6.45) is 9.17. The number of ether oxygens (including phenoxy) is 2. The predicted molar refractivity (Wildman–Crippen MR) is 161 cm³/mol. The lowest BCUT2D eigenvalue weighted by Gasteiger charge is -2.37. The van der Waals surface area contributed by atoms with Crippen molar-refractivity contribution in [3.63, 3.8) is 0 Å². The standard InChI is InChI=1S/C28H30Cl2N6O4S/c1-4-18(37)11-16-7-5-6-8-19(16)33-27-32-13-17-14-35(25-23(29)20(39-2)12-21(40-3)24(25)30)28(38)36(26(17)34-27)15-22-31-9-10-41-22/h4,9-10,12-13,16,19H,1,5-8,11,14-15H2,2-3H3,(H,32,33,34)/t16-,19-/m0/s1. The number of methoxy groups -OCH3 is 2. The lowest BCUT2D eigenvalue weighted by atomic mass is 9.81. The van der Waals surface area contributed by atoms with E-state index in [-0.39, 0.29) is 52.6 Å². The summed E-state index contributed by atoms with van der Waals surface area (Å²) in [5.41, 5.74) is 0.964. The SMILES string of the molecule is C=CC(=O)C[C@@H]1CCCC[C@@H]1Nc1ncc2c(n1)N(Cc1nccs1)C(=O)N(c1c(Cl)c(OC)cc(OC)c1Cl)C2. The highest BCUT2D eigenvalue weighted by molar-refractivity contribution is 7.09. The topological polar surface area (TPSA) is 110 Å². The maximum absolute atomic E-state index is 14.1. The Kier molecular flexibility index (Phi) is 8.96. The summed E-state index contributed by atoms with van der Waals surface area (Å²) >= 11 is 14.8. The molecule has 216 valence electrons. The number of carbonyl (C=O) groups excluding carboxylic acids is 2. The van der Waals surface area contributed by atoms with Crippen LogP contribution < -0.4 is 24.6 Å². The predicted octanol–water partition coefficient (Wildman–Crippen LogP) is 6.52. The number of nitrogens with zero attached hydrogens (tertiary/aromatic N) is 5. The monoisotopic (exact) mass is 616 g/mol. The fourth-order valence-electron chi connectivity index (χ4n) is 5.33. The molecule has 2 aromatic heterocycles. The van der Waals surface area contributed by atoms with Crippen molar-refractivity contribution in [1.29, 1.82) is 0 Å². The van der Waals surface area contributed by atoms with Crippen LogP contribution in [0.5, 0.6) is 11.5 Å². The van der Waals surface area contributed by atoms with Crippen molar-refractivity contribution in [3.05, 3.63) is 57.1 Å². The number of aromatic nitrogens is 3. The minimum atomic E-state index is -0.386. The van der Waals surface area contributed by atoms with Crippen LogP contribution in [0.4, 0.5) is 22.2 Å². The second-order valence-corrected chi connectivity index (χ2v) is 11.6. The molecule has 5 rings (SSSR count). The number of halogens is 2. The third-order valence-corrected chi connectivity index (χ3v) is 8.89. The van der Waals surface area contributed by atoms with Gasteiger partial charge < -0.3 is 14.8 Å². The van der Waals surface area contributed by atoms with Crippen LogP contribution in [0.3, 0.4) is 0 Å². The molecule has 2 amide bonds. The van der Waals surface area contributed by atoms with E-state index in [0.29, 0.717) is 35.2 Å². The number of hydrogen-bond donors (Lipinski definition) is 1. The number of thiazole rings is 1. The van der Waals surface area contributed by atoms with Crippen molar-refractivity contribution < 1.29 is 19.1 Å². The molecule has 0 spiro atoms. The van der Waals surface area contributed by atoms with Gasteiger partial charge >= 0.3 is 6.03 Å². The fourth-order valence-corrected chi connectivity index (χ4v) is 6.64. The first kappa shape index (κ1) is 29.1. The minimum Gasteiger partial charge on any atom is -0.495 e. The Morgan fingerprint density at radius 2 is 1.93 bits per heavy atom. The summed E-state index contributed by atoms with van der Waals surface area (Å²) < 4.78 is 10.9. The Bertz CT molecular complexity index is 1430. The van der Waals surface area contributed by atoms with Crippen molar-refractivity contribution >= 4 is 63.8 Å². The van der Waals surface area contributed by atoms with Crippen molar-refractivity contribution in [2.45, 2.75) is 51.2 Å². The van der Waals surface area contributed by atoms with Crippen molar-refractivity contribution in [3.8, 4) is 11.5 Å². The molecule has 1 N–H and O–H groups in total. The molecule has 2 aliphatic rings. The van der Waals surface area contributed by atoms with Crippen LogP contribution in [0.15, 0.2) is 36.5 Å². The third kappa shape index (κ3) is 5.98. The summed E-state index contributed by atoms with van der Waals surface area (Å²) in [6, 6.07) is 1.23. The smallest absolute Gasteiger partial charge is 0.330 e. The van der Waals surface area contributed by atoms with Gasteiger partial charge in [-0.05, 0) is 24.8 Å². The van der Waals surface area contributed by atoms with Crippen LogP contribution >= 0.6 is 34.5 Å². The highest BCUT2D eigenvalue weighted by atomic mass is 35.5. The van der Waals surface area contributed by atoms with E-state index in [2.05, 4.69) is 21.9 Å². The normalized spacial score (nSPS) is 18.6. The third-order valence-electron chi connectivity index (χ3n) is 7.40. The van der Waals surface area contributed by atoms with Gasteiger partial charge in [0.2, 0.25) is 5.95 Å². The van der Waals surface area contributed by atoms with E-state index in [9.17, 15) is 9.59 Å². The number of nitrogens with one attached hydrogen (secondary N) is 1. The van der Waals surface area contributed by atoms with Gasteiger partial charge in [-0.15, -0.1) is 11.3 Å². The number of anilines is 3. The van der Waals surface area contributed by atoms with Crippen LogP contribution in [0.25, 0.3) is 0 Å². The first-order valence-corrected chi connectivity index (χ1v) is 14.8. The number of amides is 2. The number of urea groups is 1. The van der Waals surface area contributed by atoms with E-state index in [1.54, 1.807) is 23.4 Å². The van der Waals surface area contributed by atoms with E-state index in [4.69, 9.17) is 37.7 Å². The van der Waals surface area contributed by atoms with Crippen LogP contribution in [-0.2, 0) is 17.9 Å². The van der Waals surface area contributed by atoms with Gasteiger partial charge in [0.05, 0.1) is 33.0 Å². The number of carbonyl (C=O) groups is 2. The van der Waals surface area contributed by atoms with Crippen molar-refractivity contribution in [1.82, 2.24) is 15.0 Å². The number of fused-ring (bicyclic) bond motifs is 1. The van der Waals surface area contributed by atoms with Gasteiger partial charge in [-0.25, -0.2) is 14.8 Å². The van der Waals surface area contributed by atoms with Crippen molar-refractivity contribution in [2.24, 2.45) is 5.92 Å². The summed E-state index contributed by atoms with van der Waals surface area (Å²) in [7, 11) is 2.96. The molecule has 10 nitrogen and oxygen atoms in total. The van der Waals surface area contributed by atoms with Crippen molar-refractivity contribution in [2.75, 3.05) is 29.3 Å². The van der Waals surface area contributed by atoms with Gasteiger partial charge in [-0.2, -0.15) is 4.98 Å². The maximum Gasteiger partial charge on any atom is 0.330 e. The highest BCUT2D eigenvalue weighted by Gasteiger charge is 2.37. The molecule has 2 atom stereocenters. The zero-order valence-corrected chi connectivity index (χ0v) is 25.1.